The summed E-state index contributed by atoms with van der Waals surface area (Å²) in [6.45, 7) is 2.38. The Kier molecular flexibility index (Phi) is 4.82. The van der Waals surface area contributed by atoms with Crippen LogP contribution in [0.25, 0.3) is 11.1 Å². The molecule has 1 saturated heterocycles. The minimum absolute atomic E-state index is 0.0116. The van der Waals surface area contributed by atoms with Crippen LogP contribution in [0.15, 0.2) is 53.5 Å². The Hall–Kier alpha value is -3.22. The molecule has 0 saturated carbocycles. The van der Waals surface area contributed by atoms with Gasteiger partial charge >= 0.3 is 0 Å². The third-order valence-electron chi connectivity index (χ3n) is 4.81. The Balaban J connectivity index is 1.38. The molecule has 2 amide bonds. The zero-order valence-corrected chi connectivity index (χ0v) is 14.9. The van der Waals surface area contributed by atoms with Crippen LogP contribution in [-0.2, 0) is 11.2 Å². The summed E-state index contributed by atoms with van der Waals surface area (Å²) in [6.07, 6.45) is 5.72. The predicted molar refractivity (Wildman–Crippen MR) is 99.1 cm³/mol. The summed E-state index contributed by atoms with van der Waals surface area (Å²) in [5.74, 6) is 0.0505. The highest BCUT2D eigenvalue weighted by molar-refractivity contribution is 5.94. The predicted octanol–water partition coefficient (Wildman–Crippen LogP) is 2.14. The van der Waals surface area contributed by atoms with E-state index in [0.29, 0.717) is 43.7 Å². The van der Waals surface area contributed by atoms with Crippen molar-refractivity contribution in [2.75, 3.05) is 26.2 Å². The van der Waals surface area contributed by atoms with Gasteiger partial charge in [0.1, 0.15) is 5.52 Å². The number of benzene rings is 1. The van der Waals surface area contributed by atoms with E-state index in [1.807, 2.05) is 28.0 Å². The molecule has 0 N–H and O–H groups in total. The van der Waals surface area contributed by atoms with E-state index in [4.69, 9.17) is 4.42 Å². The van der Waals surface area contributed by atoms with E-state index in [1.165, 1.54) is 6.39 Å². The molecule has 2 aromatic heterocycles. The maximum absolute atomic E-state index is 12.7. The van der Waals surface area contributed by atoms with E-state index in [0.717, 1.165) is 17.5 Å². The van der Waals surface area contributed by atoms with Crippen LogP contribution < -0.4 is 0 Å². The molecule has 0 atom stereocenters. The Labute approximate surface area is 156 Å². The first-order valence-electron chi connectivity index (χ1n) is 9.00. The number of hydrogen-bond acceptors (Lipinski definition) is 5. The molecule has 3 aromatic rings. The first-order chi connectivity index (χ1) is 13.2. The first-order valence-corrected chi connectivity index (χ1v) is 9.00. The van der Waals surface area contributed by atoms with Crippen molar-refractivity contribution in [2.24, 2.45) is 0 Å². The lowest BCUT2D eigenvalue weighted by Crippen LogP contribution is -2.38. The van der Waals surface area contributed by atoms with Crippen LogP contribution in [-0.4, -0.2) is 57.8 Å². The Morgan fingerprint density at radius 2 is 1.78 bits per heavy atom. The number of nitrogens with zero attached hydrogens (tertiary/aromatic N) is 4. The van der Waals surface area contributed by atoms with E-state index in [9.17, 15) is 9.59 Å². The van der Waals surface area contributed by atoms with Crippen molar-refractivity contribution in [3.63, 3.8) is 0 Å². The van der Waals surface area contributed by atoms with Crippen molar-refractivity contribution in [2.45, 2.75) is 12.8 Å². The highest BCUT2D eigenvalue weighted by Crippen LogP contribution is 2.16. The number of aromatic nitrogens is 2. The second-order valence-electron chi connectivity index (χ2n) is 6.59. The standard InChI is InChI=1S/C20H20N4O3/c25-19(13-15-2-3-17-18(12-15)27-14-22-17)23-8-1-9-24(11-10-23)20(26)16-4-6-21-7-5-16/h2-7,12,14H,1,8-11,13H2. The molecule has 1 aromatic carbocycles. The molecule has 7 nitrogen and oxygen atoms in total. The lowest BCUT2D eigenvalue weighted by molar-refractivity contribution is -0.130. The second kappa shape index (κ2) is 7.57. The molecule has 1 fully saturated rings. The van der Waals surface area contributed by atoms with Crippen molar-refractivity contribution >= 4 is 22.9 Å². The van der Waals surface area contributed by atoms with Crippen LogP contribution in [0.2, 0.25) is 0 Å². The first kappa shape index (κ1) is 17.2. The molecule has 0 spiro atoms. The van der Waals surface area contributed by atoms with Gasteiger partial charge in [-0.1, -0.05) is 6.07 Å². The fraction of sp³-hybridized carbons (Fsp3) is 0.300. The minimum atomic E-state index is -0.0116. The van der Waals surface area contributed by atoms with Crippen LogP contribution in [0.1, 0.15) is 22.3 Å². The SMILES string of the molecule is O=C(Cc1ccc2ncoc2c1)N1CCCN(C(=O)c2ccncc2)CC1. The van der Waals surface area contributed by atoms with Gasteiger partial charge in [0.25, 0.3) is 5.91 Å². The van der Waals surface area contributed by atoms with Gasteiger partial charge in [-0.2, -0.15) is 0 Å². The van der Waals surface area contributed by atoms with E-state index in [2.05, 4.69) is 9.97 Å². The van der Waals surface area contributed by atoms with Gasteiger partial charge in [0.15, 0.2) is 12.0 Å². The van der Waals surface area contributed by atoms with E-state index in [1.54, 1.807) is 24.5 Å². The molecule has 4 rings (SSSR count). The van der Waals surface area contributed by atoms with Crippen LogP contribution in [0.5, 0.6) is 0 Å². The zero-order valence-electron chi connectivity index (χ0n) is 14.9. The Morgan fingerprint density at radius 3 is 2.63 bits per heavy atom. The van der Waals surface area contributed by atoms with Crippen LogP contribution in [0.4, 0.5) is 0 Å². The minimum Gasteiger partial charge on any atom is -0.443 e. The average Bonchev–Trinajstić information content (AvgIpc) is 3.02. The third-order valence-corrected chi connectivity index (χ3v) is 4.81. The number of carbonyl (C=O) groups is 2. The molecule has 0 unspecified atom stereocenters. The van der Waals surface area contributed by atoms with Crippen molar-refractivity contribution in [3.8, 4) is 0 Å². The molecule has 138 valence electrons. The number of pyridine rings is 1. The van der Waals surface area contributed by atoms with E-state index in [-0.39, 0.29) is 11.8 Å². The number of hydrogen-bond donors (Lipinski definition) is 0. The Morgan fingerprint density at radius 1 is 1.00 bits per heavy atom. The largest absolute Gasteiger partial charge is 0.443 e. The summed E-state index contributed by atoms with van der Waals surface area (Å²) >= 11 is 0. The molecule has 3 heterocycles. The van der Waals surface area contributed by atoms with E-state index >= 15 is 0 Å². The molecule has 7 heteroatoms. The molecule has 1 aliphatic heterocycles. The van der Waals surface area contributed by atoms with Gasteiger partial charge in [-0.3, -0.25) is 14.6 Å². The van der Waals surface area contributed by atoms with Gasteiger partial charge in [0.05, 0.1) is 6.42 Å². The molecule has 1 aliphatic rings. The summed E-state index contributed by atoms with van der Waals surface area (Å²) < 4.78 is 5.30. The number of rotatable bonds is 3. The third kappa shape index (κ3) is 3.81. The van der Waals surface area contributed by atoms with Gasteiger partial charge in [-0.15, -0.1) is 0 Å². The fourth-order valence-corrected chi connectivity index (χ4v) is 3.34. The lowest BCUT2D eigenvalue weighted by atomic mass is 10.1. The van der Waals surface area contributed by atoms with Crippen molar-refractivity contribution in [3.05, 3.63) is 60.2 Å². The smallest absolute Gasteiger partial charge is 0.254 e. The van der Waals surface area contributed by atoms with Crippen molar-refractivity contribution in [1.82, 2.24) is 19.8 Å². The maximum Gasteiger partial charge on any atom is 0.254 e. The highest BCUT2D eigenvalue weighted by atomic mass is 16.3. The monoisotopic (exact) mass is 364 g/mol. The number of fused-ring (bicyclic) bond motifs is 1. The molecule has 0 aliphatic carbocycles. The van der Waals surface area contributed by atoms with E-state index < -0.39 is 0 Å². The summed E-state index contributed by atoms with van der Waals surface area (Å²) in [5.41, 5.74) is 3.00. The zero-order chi connectivity index (χ0) is 18.6. The van der Waals surface area contributed by atoms with Crippen molar-refractivity contribution in [1.29, 1.82) is 0 Å². The van der Waals surface area contributed by atoms with Gasteiger partial charge in [0.2, 0.25) is 5.91 Å². The molecule has 27 heavy (non-hydrogen) atoms. The highest BCUT2D eigenvalue weighted by Gasteiger charge is 2.23. The molecular weight excluding hydrogens is 344 g/mol. The van der Waals surface area contributed by atoms with Crippen LogP contribution in [0, 0.1) is 0 Å². The lowest BCUT2D eigenvalue weighted by Gasteiger charge is -2.22. The Bertz CT molecular complexity index is 954. The second-order valence-corrected chi connectivity index (χ2v) is 6.59. The molecule has 0 radical (unpaired) electrons. The van der Waals surface area contributed by atoms with Gasteiger partial charge in [-0.25, -0.2) is 4.98 Å². The summed E-state index contributed by atoms with van der Waals surface area (Å²) in [6, 6.07) is 9.06. The summed E-state index contributed by atoms with van der Waals surface area (Å²) in [5, 5.41) is 0. The average molecular weight is 364 g/mol. The summed E-state index contributed by atoms with van der Waals surface area (Å²) in [4.78, 5) is 37.0. The summed E-state index contributed by atoms with van der Waals surface area (Å²) in [7, 11) is 0. The van der Waals surface area contributed by atoms with Gasteiger partial charge < -0.3 is 14.2 Å². The van der Waals surface area contributed by atoms with Crippen LogP contribution >= 0.6 is 0 Å². The van der Waals surface area contributed by atoms with Gasteiger partial charge in [0, 0.05) is 44.1 Å². The number of oxazole rings is 1. The van der Waals surface area contributed by atoms with Crippen LogP contribution in [0.3, 0.4) is 0 Å². The number of carbonyl (C=O) groups excluding carboxylic acids is 2. The quantitative estimate of drug-likeness (QED) is 0.711. The normalized spacial score (nSPS) is 15.0. The maximum atomic E-state index is 12.7. The number of amides is 2. The molecular formula is C20H20N4O3. The fourth-order valence-electron chi connectivity index (χ4n) is 3.34. The van der Waals surface area contributed by atoms with Gasteiger partial charge in [-0.05, 0) is 36.2 Å². The topological polar surface area (TPSA) is 79.5 Å². The molecule has 0 bridgehead atoms. The van der Waals surface area contributed by atoms with Crippen molar-refractivity contribution < 1.29 is 14.0 Å².